The van der Waals surface area contributed by atoms with Crippen molar-refractivity contribution in [3.8, 4) is 11.5 Å². The number of methoxy groups -OCH3 is 1. The van der Waals surface area contributed by atoms with Crippen LogP contribution >= 0.6 is 0 Å². The van der Waals surface area contributed by atoms with Gasteiger partial charge in [-0.05, 0) is 31.9 Å². The van der Waals surface area contributed by atoms with Gasteiger partial charge in [0.15, 0.2) is 5.82 Å². The summed E-state index contributed by atoms with van der Waals surface area (Å²) in [6, 6.07) is 5.64. The lowest BCUT2D eigenvalue weighted by Gasteiger charge is -2.39. The number of hydrogen-bond donors (Lipinski definition) is 0. The highest BCUT2D eigenvalue weighted by Gasteiger charge is 2.43. The molecular formula is C20H26N6O3. The van der Waals surface area contributed by atoms with Crippen LogP contribution in [0.25, 0.3) is 11.5 Å². The summed E-state index contributed by atoms with van der Waals surface area (Å²) in [6.45, 7) is 7.77. The van der Waals surface area contributed by atoms with E-state index in [1.165, 1.54) is 0 Å². The molecule has 1 aliphatic rings. The summed E-state index contributed by atoms with van der Waals surface area (Å²) in [7, 11) is 1.69. The molecule has 3 aromatic rings. The lowest BCUT2D eigenvalue weighted by Crippen LogP contribution is -2.44. The first kappa shape index (κ1) is 19.7. The van der Waals surface area contributed by atoms with E-state index in [0.29, 0.717) is 23.3 Å². The zero-order chi connectivity index (χ0) is 20.4. The van der Waals surface area contributed by atoms with Crippen LogP contribution in [0.4, 0.5) is 0 Å². The minimum Gasteiger partial charge on any atom is -0.368 e. The van der Waals surface area contributed by atoms with E-state index in [1.54, 1.807) is 13.3 Å². The van der Waals surface area contributed by atoms with Gasteiger partial charge < -0.3 is 13.8 Å². The van der Waals surface area contributed by atoms with Gasteiger partial charge in [0, 0.05) is 32.3 Å². The summed E-state index contributed by atoms with van der Waals surface area (Å²) >= 11 is 0. The summed E-state index contributed by atoms with van der Waals surface area (Å²) in [5, 5.41) is 8.18. The van der Waals surface area contributed by atoms with Crippen molar-refractivity contribution in [2.24, 2.45) is 0 Å². The molecule has 0 saturated carbocycles. The van der Waals surface area contributed by atoms with E-state index in [0.717, 1.165) is 31.8 Å². The molecule has 4 rings (SSSR count). The average molecular weight is 398 g/mol. The molecule has 9 nitrogen and oxygen atoms in total. The molecule has 0 radical (unpaired) electrons. The van der Waals surface area contributed by atoms with Crippen molar-refractivity contribution in [2.75, 3.05) is 20.2 Å². The van der Waals surface area contributed by atoms with Crippen LogP contribution in [-0.4, -0.2) is 50.4 Å². The Kier molecular flexibility index (Phi) is 5.42. The molecule has 0 aliphatic carbocycles. The second-order valence-corrected chi connectivity index (χ2v) is 7.69. The Hall–Kier alpha value is -2.65. The van der Waals surface area contributed by atoms with Gasteiger partial charge in [-0.1, -0.05) is 30.2 Å². The quantitative estimate of drug-likeness (QED) is 0.618. The fourth-order valence-corrected chi connectivity index (χ4v) is 3.59. The van der Waals surface area contributed by atoms with Crippen molar-refractivity contribution in [3.05, 3.63) is 42.0 Å². The topological polar surface area (TPSA) is 103 Å². The van der Waals surface area contributed by atoms with Crippen molar-refractivity contribution < 1.29 is 13.8 Å². The highest BCUT2D eigenvalue weighted by Crippen LogP contribution is 2.38. The van der Waals surface area contributed by atoms with Crippen LogP contribution < -0.4 is 0 Å². The molecule has 154 valence electrons. The Bertz CT molecular complexity index is 931. The Morgan fingerprint density at radius 1 is 1.07 bits per heavy atom. The molecule has 29 heavy (non-hydrogen) atoms. The van der Waals surface area contributed by atoms with Gasteiger partial charge in [0.1, 0.15) is 11.3 Å². The number of ether oxygens (including phenoxy) is 1. The second-order valence-electron chi connectivity index (χ2n) is 7.69. The van der Waals surface area contributed by atoms with Gasteiger partial charge >= 0.3 is 0 Å². The minimum absolute atomic E-state index is 0.0385. The maximum atomic E-state index is 5.89. The van der Waals surface area contributed by atoms with Gasteiger partial charge in [0.05, 0.1) is 6.04 Å². The first-order chi connectivity index (χ1) is 14.0. The molecule has 4 heterocycles. The van der Waals surface area contributed by atoms with Gasteiger partial charge in [-0.3, -0.25) is 9.88 Å². The predicted molar refractivity (Wildman–Crippen MR) is 104 cm³/mol. The summed E-state index contributed by atoms with van der Waals surface area (Å²) in [4.78, 5) is 15.7. The van der Waals surface area contributed by atoms with Crippen LogP contribution in [0.15, 0.2) is 33.4 Å². The molecule has 0 amide bonds. The van der Waals surface area contributed by atoms with Gasteiger partial charge in [-0.2, -0.15) is 9.97 Å². The highest BCUT2D eigenvalue weighted by molar-refractivity contribution is 5.47. The molecule has 3 aromatic heterocycles. The van der Waals surface area contributed by atoms with Crippen LogP contribution in [-0.2, 0) is 10.3 Å². The smallest absolute Gasteiger partial charge is 0.259 e. The number of piperidine rings is 1. The van der Waals surface area contributed by atoms with Crippen molar-refractivity contribution in [1.82, 2.24) is 30.2 Å². The van der Waals surface area contributed by atoms with Crippen LogP contribution in [0.5, 0.6) is 0 Å². The molecule has 0 spiro atoms. The second kappa shape index (κ2) is 8.00. The van der Waals surface area contributed by atoms with Crippen molar-refractivity contribution in [2.45, 2.75) is 51.2 Å². The Balaban J connectivity index is 1.47. The molecule has 0 bridgehead atoms. The average Bonchev–Trinajstić information content (AvgIpc) is 3.44. The molecule has 9 heteroatoms. The summed E-state index contributed by atoms with van der Waals surface area (Å²) in [5.41, 5.74) is 0.0749. The Labute approximate surface area is 169 Å². The van der Waals surface area contributed by atoms with Gasteiger partial charge in [0.2, 0.25) is 11.7 Å². The third kappa shape index (κ3) is 3.79. The van der Waals surface area contributed by atoms with E-state index in [4.69, 9.17) is 13.8 Å². The third-order valence-corrected chi connectivity index (χ3v) is 5.59. The summed E-state index contributed by atoms with van der Waals surface area (Å²) in [6.07, 6.45) is 3.16. The van der Waals surface area contributed by atoms with Crippen LogP contribution in [0.2, 0.25) is 0 Å². The maximum absolute atomic E-state index is 5.89. The van der Waals surface area contributed by atoms with Crippen LogP contribution in [0, 0.1) is 0 Å². The number of pyridine rings is 1. The van der Waals surface area contributed by atoms with E-state index in [2.05, 4.69) is 50.9 Å². The fourth-order valence-electron chi connectivity index (χ4n) is 3.59. The molecule has 1 fully saturated rings. The predicted octanol–water partition coefficient (Wildman–Crippen LogP) is 3.34. The SMILES string of the molecule is COC1(c2nc(-c3ccccn3)no2)CCN(C(C)c2nc(C(C)C)no2)CC1. The van der Waals surface area contributed by atoms with E-state index in [9.17, 15) is 0 Å². The van der Waals surface area contributed by atoms with E-state index in [-0.39, 0.29) is 12.0 Å². The molecule has 0 aromatic carbocycles. The maximum Gasteiger partial charge on any atom is 0.259 e. The van der Waals surface area contributed by atoms with Gasteiger partial charge in [-0.15, -0.1) is 0 Å². The molecule has 1 atom stereocenters. The third-order valence-electron chi connectivity index (χ3n) is 5.59. The van der Waals surface area contributed by atoms with Crippen molar-refractivity contribution >= 4 is 0 Å². The molecule has 1 aliphatic heterocycles. The normalized spacial score (nSPS) is 18.2. The number of aromatic nitrogens is 5. The lowest BCUT2D eigenvalue weighted by atomic mass is 9.90. The minimum atomic E-state index is -0.603. The van der Waals surface area contributed by atoms with E-state index >= 15 is 0 Å². The van der Waals surface area contributed by atoms with Crippen molar-refractivity contribution in [1.29, 1.82) is 0 Å². The molecule has 0 N–H and O–H groups in total. The Morgan fingerprint density at radius 3 is 2.48 bits per heavy atom. The lowest BCUT2D eigenvalue weighted by molar-refractivity contribution is -0.0891. The Morgan fingerprint density at radius 2 is 1.86 bits per heavy atom. The first-order valence-corrected chi connectivity index (χ1v) is 9.91. The van der Waals surface area contributed by atoms with Crippen molar-refractivity contribution in [3.63, 3.8) is 0 Å². The van der Waals surface area contributed by atoms with E-state index < -0.39 is 5.60 Å². The number of nitrogens with zero attached hydrogens (tertiary/aromatic N) is 6. The molecule has 1 unspecified atom stereocenters. The summed E-state index contributed by atoms with van der Waals surface area (Å²) in [5.74, 6) is 2.60. The standard InChI is InChI=1S/C20H26N6O3/c1-13(2)16-22-18(28-24-16)14(3)26-11-8-20(27-4,9-12-26)19-23-17(25-29-19)15-7-5-6-10-21-15/h5-7,10,13-14H,8-9,11-12H2,1-4H3. The fraction of sp³-hybridized carbons (Fsp3) is 0.550. The molecule has 1 saturated heterocycles. The largest absolute Gasteiger partial charge is 0.368 e. The monoisotopic (exact) mass is 398 g/mol. The van der Waals surface area contributed by atoms with Crippen LogP contribution in [0.3, 0.4) is 0 Å². The number of likely N-dealkylation sites (tertiary alicyclic amines) is 1. The zero-order valence-electron chi connectivity index (χ0n) is 17.2. The first-order valence-electron chi connectivity index (χ1n) is 9.91. The number of rotatable bonds is 6. The highest BCUT2D eigenvalue weighted by atomic mass is 16.5. The summed E-state index contributed by atoms with van der Waals surface area (Å²) < 4.78 is 16.9. The van der Waals surface area contributed by atoms with Crippen LogP contribution in [0.1, 0.15) is 63.2 Å². The van der Waals surface area contributed by atoms with Gasteiger partial charge in [0.25, 0.3) is 5.89 Å². The zero-order valence-corrected chi connectivity index (χ0v) is 17.2. The van der Waals surface area contributed by atoms with Gasteiger partial charge in [-0.25, -0.2) is 0 Å². The molecular weight excluding hydrogens is 372 g/mol. The number of hydrogen-bond acceptors (Lipinski definition) is 9. The van der Waals surface area contributed by atoms with E-state index in [1.807, 2.05) is 18.2 Å².